The summed E-state index contributed by atoms with van der Waals surface area (Å²) in [6.45, 7) is 0.875. The van der Waals surface area contributed by atoms with Crippen molar-refractivity contribution in [2.75, 3.05) is 5.75 Å². The zero-order valence-corrected chi connectivity index (χ0v) is 14.8. The molecule has 0 atom stereocenters. The first-order valence-electron chi connectivity index (χ1n) is 7.64. The lowest BCUT2D eigenvalue weighted by molar-refractivity contribution is -0.120. The predicted octanol–water partition coefficient (Wildman–Crippen LogP) is 2.77. The molecule has 0 fully saturated rings. The zero-order chi connectivity index (χ0) is 17.5. The summed E-state index contributed by atoms with van der Waals surface area (Å²) in [4.78, 5) is 12.0. The van der Waals surface area contributed by atoms with Gasteiger partial charge in [-0.15, -0.1) is 5.10 Å². The third-order valence-corrected chi connectivity index (χ3v) is 4.71. The largest absolute Gasteiger partial charge is 0.467 e. The van der Waals surface area contributed by atoms with Gasteiger partial charge < -0.3 is 9.73 Å². The summed E-state index contributed by atoms with van der Waals surface area (Å²) in [7, 11) is 0. The molecule has 0 radical (unpaired) electrons. The fourth-order valence-electron chi connectivity index (χ4n) is 2.11. The van der Waals surface area contributed by atoms with Crippen LogP contribution in [0.3, 0.4) is 0 Å². The number of halogens is 1. The normalized spacial score (nSPS) is 10.8. The van der Waals surface area contributed by atoms with E-state index in [-0.39, 0.29) is 5.91 Å². The van der Waals surface area contributed by atoms with Gasteiger partial charge in [0.1, 0.15) is 12.3 Å². The molecule has 0 aliphatic heterocycles. The Morgan fingerprint density at radius 3 is 2.96 bits per heavy atom. The molecule has 0 saturated carbocycles. The van der Waals surface area contributed by atoms with E-state index in [0.29, 0.717) is 35.4 Å². The molecular weight excluding hydrogens is 362 g/mol. The number of carbonyl (C=O) groups is 1. The van der Waals surface area contributed by atoms with Crippen LogP contribution in [-0.4, -0.2) is 31.9 Å². The zero-order valence-electron chi connectivity index (χ0n) is 13.3. The molecule has 25 heavy (non-hydrogen) atoms. The maximum absolute atomic E-state index is 12.0. The van der Waals surface area contributed by atoms with Gasteiger partial charge in [-0.3, -0.25) is 4.79 Å². The van der Waals surface area contributed by atoms with Gasteiger partial charge in [-0.2, -0.15) is 0 Å². The first kappa shape index (κ1) is 17.5. The number of rotatable bonds is 8. The molecule has 0 spiro atoms. The lowest BCUT2D eigenvalue weighted by Crippen LogP contribution is -2.23. The van der Waals surface area contributed by atoms with Crippen LogP contribution < -0.4 is 5.32 Å². The van der Waals surface area contributed by atoms with E-state index in [1.807, 2.05) is 30.3 Å². The predicted molar refractivity (Wildman–Crippen MR) is 94.3 cm³/mol. The van der Waals surface area contributed by atoms with Gasteiger partial charge in [0, 0.05) is 23.7 Å². The highest BCUT2D eigenvalue weighted by molar-refractivity contribution is 7.99. The Morgan fingerprint density at radius 2 is 2.16 bits per heavy atom. The molecule has 1 amide bonds. The van der Waals surface area contributed by atoms with Crippen LogP contribution in [0.1, 0.15) is 17.7 Å². The summed E-state index contributed by atoms with van der Waals surface area (Å²) in [5.41, 5.74) is 0.896. The standard InChI is InChI=1S/C16H16ClN5O2S/c17-14-6-2-1-4-12(14)10-18-15(23)7-9-25-16-19-20-21-22(16)11-13-5-3-8-24-13/h1-6,8H,7,9-11H2,(H,18,23). The van der Waals surface area contributed by atoms with Crippen molar-refractivity contribution in [2.24, 2.45) is 0 Å². The van der Waals surface area contributed by atoms with E-state index in [1.165, 1.54) is 11.8 Å². The monoisotopic (exact) mass is 377 g/mol. The minimum absolute atomic E-state index is 0.0440. The molecule has 0 bridgehead atoms. The number of thioether (sulfide) groups is 1. The van der Waals surface area contributed by atoms with Crippen LogP contribution in [0.2, 0.25) is 5.02 Å². The van der Waals surface area contributed by atoms with Gasteiger partial charge in [-0.25, -0.2) is 4.68 Å². The molecule has 0 aliphatic carbocycles. The van der Waals surface area contributed by atoms with Crippen molar-refractivity contribution in [3.05, 3.63) is 59.0 Å². The summed E-state index contributed by atoms with van der Waals surface area (Å²) < 4.78 is 6.93. The Labute approximate surface area is 153 Å². The van der Waals surface area contributed by atoms with Crippen LogP contribution >= 0.6 is 23.4 Å². The maximum atomic E-state index is 12.0. The molecule has 9 heteroatoms. The number of amides is 1. The molecule has 0 aliphatic rings. The molecule has 2 aromatic heterocycles. The Morgan fingerprint density at radius 1 is 1.28 bits per heavy atom. The van der Waals surface area contributed by atoms with E-state index in [2.05, 4.69) is 20.8 Å². The van der Waals surface area contributed by atoms with Gasteiger partial charge in [-0.05, 0) is 34.2 Å². The number of benzene rings is 1. The number of hydrogen-bond acceptors (Lipinski definition) is 6. The maximum Gasteiger partial charge on any atom is 0.221 e. The minimum atomic E-state index is -0.0440. The van der Waals surface area contributed by atoms with Gasteiger partial charge in [0.15, 0.2) is 0 Å². The number of furan rings is 1. The Balaban J connectivity index is 1.43. The number of nitrogens with zero attached hydrogens (tertiary/aromatic N) is 4. The molecule has 3 rings (SSSR count). The lowest BCUT2D eigenvalue weighted by Gasteiger charge is -2.07. The Hall–Kier alpha value is -2.32. The Kier molecular flexibility index (Phi) is 6.08. The summed E-state index contributed by atoms with van der Waals surface area (Å²) in [6.07, 6.45) is 1.97. The van der Waals surface area contributed by atoms with Gasteiger partial charge in [0.05, 0.1) is 6.26 Å². The topological polar surface area (TPSA) is 85.8 Å². The van der Waals surface area contributed by atoms with E-state index in [1.54, 1.807) is 17.0 Å². The average Bonchev–Trinajstić information content (AvgIpc) is 3.27. The summed E-state index contributed by atoms with van der Waals surface area (Å²) in [6, 6.07) is 11.1. The van der Waals surface area contributed by atoms with E-state index in [0.717, 1.165) is 11.3 Å². The van der Waals surface area contributed by atoms with Gasteiger partial charge in [0.2, 0.25) is 11.1 Å². The van der Waals surface area contributed by atoms with Crippen LogP contribution in [0.25, 0.3) is 0 Å². The second-order valence-electron chi connectivity index (χ2n) is 5.17. The number of hydrogen-bond donors (Lipinski definition) is 1. The molecule has 130 valence electrons. The van der Waals surface area contributed by atoms with E-state index in [9.17, 15) is 4.79 Å². The smallest absolute Gasteiger partial charge is 0.221 e. The van der Waals surface area contributed by atoms with Gasteiger partial charge >= 0.3 is 0 Å². The third kappa shape index (κ3) is 5.07. The van der Waals surface area contributed by atoms with E-state index >= 15 is 0 Å². The van der Waals surface area contributed by atoms with Crippen molar-refractivity contribution >= 4 is 29.3 Å². The van der Waals surface area contributed by atoms with Crippen molar-refractivity contribution in [3.63, 3.8) is 0 Å². The van der Waals surface area contributed by atoms with Crippen LogP contribution in [-0.2, 0) is 17.9 Å². The van der Waals surface area contributed by atoms with Crippen molar-refractivity contribution < 1.29 is 9.21 Å². The molecule has 2 heterocycles. The number of nitrogens with one attached hydrogen (secondary N) is 1. The van der Waals surface area contributed by atoms with Crippen molar-refractivity contribution in [1.29, 1.82) is 0 Å². The highest BCUT2D eigenvalue weighted by Gasteiger charge is 2.10. The highest BCUT2D eigenvalue weighted by atomic mass is 35.5. The molecule has 0 saturated heterocycles. The van der Waals surface area contributed by atoms with Crippen molar-refractivity contribution in [3.8, 4) is 0 Å². The number of carbonyl (C=O) groups excluding carboxylic acids is 1. The van der Waals surface area contributed by atoms with Crippen molar-refractivity contribution in [2.45, 2.75) is 24.7 Å². The van der Waals surface area contributed by atoms with Gasteiger partial charge in [0.25, 0.3) is 0 Å². The van der Waals surface area contributed by atoms with Gasteiger partial charge in [-0.1, -0.05) is 41.6 Å². The third-order valence-electron chi connectivity index (χ3n) is 3.38. The van der Waals surface area contributed by atoms with Crippen molar-refractivity contribution in [1.82, 2.24) is 25.5 Å². The first-order valence-corrected chi connectivity index (χ1v) is 9.00. The number of aromatic nitrogens is 4. The fraction of sp³-hybridized carbons (Fsp3) is 0.250. The summed E-state index contributed by atoms with van der Waals surface area (Å²) in [5.74, 6) is 1.30. The molecule has 0 unspecified atom stereocenters. The van der Waals surface area contributed by atoms with Crippen LogP contribution in [0.5, 0.6) is 0 Å². The minimum Gasteiger partial charge on any atom is -0.467 e. The second-order valence-corrected chi connectivity index (χ2v) is 6.63. The SMILES string of the molecule is O=C(CCSc1nnnn1Cc1ccco1)NCc1ccccc1Cl. The van der Waals surface area contributed by atoms with Crippen LogP contribution in [0.4, 0.5) is 0 Å². The molecular formula is C16H16ClN5O2S. The fourth-order valence-corrected chi connectivity index (χ4v) is 3.13. The molecule has 3 aromatic rings. The summed E-state index contributed by atoms with van der Waals surface area (Å²) >= 11 is 7.49. The van der Waals surface area contributed by atoms with Crippen LogP contribution in [0, 0.1) is 0 Å². The summed E-state index contributed by atoms with van der Waals surface area (Å²) in [5, 5.41) is 15.7. The number of tetrazole rings is 1. The molecule has 1 aromatic carbocycles. The van der Waals surface area contributed by atoms with Crippen LogP contribution in [0.15, 0.2) is 52.2 Å². The molecule has 1 N–H and O–H groups in total. The van der Waals surface area contributed by atoms with E-state index in [4.69, 9.17) is 16.0 Å². The first-order chi connectivity index (χ1) is 12.2. The molecule has 7 nitrogen and oxygen atoms in total. The highest BCUT2D eigenvalue weighted by Crippen LogP contribution is 2.17. The van der Waals surface area contributed by atoms with E-state index < -0.39 is 0 Å². The second kappa shape index (κ2) is 8.68. The quantitative estimate of drug-likeness (QED) is 0.607. The Bertz CT molecular complexity index is 822. The lowest BCUT2D eigenvalue weighted by atomic mass is 10.2. The average molecular weight is 378 g/mol.